The van der Waals surface area contributed by atoms with Crippen LogP contribution in [-0.2, 0) is 12.8 Å². The van der Waals surface area contributed by atoms with Crippen LogP contribution in [-0.4, -0.2) is 24.7 Å². The Balaban J connectivity index is 1.72. The van der Waals surface area contributed by atoms with Gasteiger partial charge in [0.15, 0.2) is 5.69 Å². The Bertz CT molecular complexity index is 831. The zero-order valence-electron chi connectivity index (χ0n) is 12.1. The number of benzene rings is 1. The van der Waals surface area contributed by atoms with Crippen LogP contribution in [0.25, 0.3) is 5.69 Å². The Kier molecular flexibility index (Phi) is 4.02. The molecule has 0 unspecified atom stereocenters. The highest BCUT2D eigenvalue weighted by Gasteiger charge is 2.36. The monoisotopic (exact) mass is 336 g/mol. The predicted molar refractivity (Wildman–Crippen MR) is 77.1 cm³/mol. The highest BCUT2D eigenvalue weighted by atomic mass is 19.4. The van der Waals surface area contributed by atoms with Crippen LogP contribution in [0.5, 0.6) is 5.75 Å². The van der Waals surface area contributed by atoms with E-state index in [9.17, 15) is 13.2 Å². The molecule has 0 aliphatic heterocycles. The lowest BCUT2D eigenvalue weighted by Gasteiger charge is -2.11. The number of anilines is 1. The first kappa shape index (κ1) is 15.7. The van der Waals surface area contributed by atoms with Gasteiger partial charge in [-0.3, -0.25) is 4.98 Å². The fourth-order valence-electron chi connectivity index (χ4n) is 1.96. The van der Waals surface area contributed by atoms with Gasteiger partial charge in [0.1, 0.15) is 24.4 Å². The number of alkyl halides is 3. The fourth-order valence-corrected chi connectivity index (χ4v) is 1.96. The molecule has 0 radical (unpaired) electrons. The Hall–Kier alpha value is -3.17. The molecule has 0 aliphatic rings. The van der Waals surface area contributed by atoms with Gasteiger partial charge in [-0.15, -0.1) is 5.10 Å². The number of rotatable bonds is 4. The van der Waals surface area contributed by atoms with Gasteiger partial charge < -0.3 is 10.5 Å². The van der Waals surface area contributed by atoms with E-state index in [4.69, 9.17) is 10.5 Å². The summed E-state index contributed by atoms with van der Waals surface area (Å²) in [6, 6.07) is 6.53. The normalized spacial score (nSPS) is 11.5. The molecule has 0 saturated heterocycles. The molecule has 2 heterocycles. The Morgan fingerprint density at radius 1 is 1.04 bits per heavy atom. The molecule has 0 atom stereocenters. The van der Waals surface area contributed by atoms with Gasteiger partial charge >= 0.3 is 6.18 Å². The number of halogens is 3. The van der Waals surface area contributed by atoms with E-state index in [1.54, 1.807) is 24.3 Å². The van der Waals surface area contributed by atoms with Gasteiger partial charge in [-0.05, 0) is 24.3 Å². The van der Waals surface area contributed by atoms with Crippen LogP contribution in [0.4, 0.5) is 19.1 Å². The van der Waals surface area contributed by atoms with Crippen molar-refractivity contribution in [3.8, 4) is 11.4 Å². The van der Waals surface area contributed by atoms with Gasteiger partial charge in [-0.25, -0.2) is 14.6 Å². The van der Waals surface area contributed by atoms with Gasteiger partial charge in [-0.1, -0.05) is 0 Å². The third kappa shape index (κ3) is 3.42. The van der Waals surface area contributed by atoms with Gasteiger partial charge in [0.2, 0.25) is 5.95 Å². The van der Waals surface area contributed by atoms with E-state index in [1.807, 2.05) is 0 Å². The van der Waals surface area contributed by atoms with Crippen molar-refractivity contribution in [2.75, 3.05) is 5.73 Å². The van der Waals surface area contributed by atoms with Crippen molar-refractivity contribution in [1.29, 1.82) is 0 Å². The molecule has 10 heteroatoms. The number of nitrogen functional groups attached to an aromatic ring is 1. The van der Waals surface area contributed by atoms with E-state index in [0.717, 1.165) is 6.20 Å². The summed E-state index contributed by atoms with van der Waals surface area (Å²) in [5.41, 5.74) is 4.78. The zero-order valence-corrected chi connectivity index (χ0v) is 12.1. The van der Waals surface area contributed by atoms with E-state index in [-0.39, 0.29) is 18.2 Å². The molecular weight excluding hydrogens is 325 g/mol. The highest BCUT2D eigenvalue weighted by Crippen LogP contribution is 2.29. The van der Waals surface area contributed by atoms with Gasteiger partial charge in [-0.2, -0.15) is 13.2 Å². The average molecular weight is 336 g/mol. The Labute approximate surface area is 133 Å². The van der Waals surface area contributed by atoms with E-state index >= 15 is 0 Å². The molecule has 0 spiro atoms. The maximum absolute atomic E-state index is 12.8. The van der Waals surface area contributed by atoms with Crippen molar-refractivity contribution in [2.24, 2.45) is 0 Å². The summed E-state index contributed by atoms with van der Waals surface area (Å²) in [6.07, 6.45) is -0.957. The minimum Gasteiger partial charge on any atom is -0.487 e. The van der Waals surface area contributed by atoms with Crippen molar-refractivity contribution < 1.29 is 17.9 Å². The van der Waals surface area contributed by atoms with Crippen LogP contribution in [0, 0.1) is 0 Å². The molecule has 0 fully saturated rings. The molecule has 2 N–H and O–H groups in total. The van der Waals surface area contributed by atoms with Crippen LogP contribution < -0.4 is 10.5 Å². The molecule has 3 rings (SSSR count). The van der Waals surface area contributed by atoms with Crippen LogP contribution in [0.2, 0.25) is 0 Å². The lowest BCUT2D eigenvalue weighted by atomic mass is 10.3. The second-order valence-corrected chi connectivity index (χ2v) is 4.68. The molecule has 7 nitrogen and oxygen atoms in total. The molecule has 1 aromatic carbocycles. The third-order valence-electron chi connectivity index (χ3n) is 3.03. The third-order valence-corrected chi connectivity index (χ3v) is 3.03. The van der Waals surface area contributed by atoms with Crippen LogP contribution >= 0.6 is 0 Å². The van der Waals surface area contributed by atoms with Crippen molar-refractivity contribution >= 4 is 5.95 Å². The lowest BCUT2D eigenvalue weighted by molar-refractivity contribution is -0.142. The largest absolute Gasteiger partial charge is 0.487 e. The summed E-state index contributed by atoms with van der Waals surface area (Å²) >= 11 is 0. The van der Waals surface area contributed by atoms with Gasteiger partial charge in [0, 0.05) is 12.4 Å². The SMILES string of the molecule is Nc1ncn(-c2ccc(OCc3nccnc3C(F)(F)F)cc2)n1. The van der Waals surface area contributed by atoms with Crippen molar-refractivity contribution in [2.45, 2.75) is 12.8 Å². The topological polar surface area (TPSA) is 91.7 Å². The average Bonchev–Trinajstić information content (AvgIpc) is 2.99. The Morgan fingerprint density at radius 3 is 2.38 bits per heavy atom. The summed E-state index contributed by atoms with van der Waals surface area (Å²) < 4.78 is 45.3. The molecule has 0 aliphatic carbocycles. The van der Waals surface area contributed by atoms with Crippen molar-refractivity contribution in [3.63, 3.8) is 0 Å². The molecule has 3 aromatic rings. The quantitative estimate of drug-likeness (QED) is 0.785. The molecule has 0 bridgehead atoms. The van der Waals surface area contributed by atoms with E-state index in [0.29, 0.717) is 11.4 Å². The summed E-state index contributed by atoms with van der Waals surface area (Å²) in [5.74, 6) is 0.517. The summed E-state index contributed by atoms with van der Waals surface area (Å²) in [7, 11) is 0. The minimum atomic E-state index is -4.58. The maximum Gasteiger partial charge on any atom is 0.435 e. The minimum absolute atomic E-state index is 0.137. The smallest absolute Gasteiger partial charge is 0.435 e. The first-order valence-electron chi connectivity index (χ1n) is 6.71. The van der Waals surface area contributed by atoms with Crippen molar-refractivity contribution in [3.05, 3.63) is 54.4 Å². The predicted octanol–water partition coefficient (Wildman–Crippen LogP) is 2.24. The highest BCUT2D eigenvalue weighted by molar-refractivity contribution is 5.37. The number of aromatic nitrogens is 5. The first-order valence-corrected chi connectivity index (χ1v) is 6.71. The summed E-state index contributed by atoms with van der Waals surface area (Å²) in [5, 5.41) is 3.94. The van der Waals surface area contributed by atoms with Gasteiger partial charge in [0.05, 0.1) is 5.69 Å². The molecule has 0 amide bonds. The molecular formula is C14H11F3N6O. The van der Waals surface area contributed by atoms with Crippen LogP contribution in [0.1, 0.15) is 11.4 Å². The van der Waals surface area contributed by atoms with Crippen LogP contribution in [0.3, 0.4) is 0 Å². The van der Waals surface area contributed by atoms with E-state index in [2.05, 4.69) is 20.1 Å². The number of nitrogens with two attached hydrogens (primary N) is 1. The number of ether oxygens (including phenoxy) is 1. The molecule has 0 saturated carbocycles. The maximum atomic E-state index is 12.8. The van der Waals surface area contributed by atoms with Gasteiger partial charge in [0.25, 0.3) is 0 Å². The second kappa shape index (κ2) is 6.14. The van der Waals surface area contributed by atoms with Crippen LogP contribution in [0.15, 0.2) is 43.0 Å². The molecule has 124 valence electrons. The first-order chi connectivity index (χ1) is 11.4. The zero-order chi connectivity index (χ0) is 17.2. The Morgan fingerprint density at radius 2 is 1.75 bits per heavy atom. The van der Waals surface area contributed by atoms with E-state index < -0.39 is 11.9 Å². The molecule has 2 aromatic heterocycles. The molecule has 24 heavy (non-hydrogen) atoms. The number of hydrogen-bond acceptors (Lipinski definition) is 6. The number of nitrogens with zero attached hydrogens (tertiary/aromatic N) is 5. The fraction of sp³-hybridized carbons (Fsp3) is 0.143. The van der Waals surface area contributed by atoms with Crippen molar-refractivity contribution in [1.82, 2.24) is 24.7 Å². The van der Waals surface area contributed by atoms with E-state index in [1.165, 1.54) is 17.2 Å². The lowest BCUT2D eigenvalue weighted by Crippen LogP contribution is -2.14. The summed E-state index contributed by atoms with van der Waals surface area (Å²) in [4.78, 5) is 10.8. The number of hydrogen-bond donors (Lipinski definition) is 1. The summed E-state index contributed by atoms with van der Waals surface area (Å²) in [6.45, 7) is -0.349. The standard InChI is InChI=1S/C14H11F3N6O/c15-14(16,17)12-11(19-5-6-20-12)7-24-10-3-1-9(2-4-10)23-8-21-13(18)22-23/h1-6,8H,7H2,(H2,18,22). The second-order valence-electron chi connectivity index (χ2n) is 4.68.